The second kappa shape index (κ2) is 4.07. The van der Waals surface area contributed by atoms with Gasteiger partial charge in [-0.3, -0.25) is 0 Å². The minimum atomic E-state index is -4.55. The number of fused-ring (bicyclic) bond motifs is 1. The second-order valence-electron chi connectivity index (χ2n) is 2.83. The molecule has 16 heavy (non-hydrogen) atoms. The van der Waals surface area contributed by atoms with E-state index in [1.165, 1.54) is 6.20 Å². The maximum atomic E-state index is 12.4. The Kier molecular flexibility index (Phi) is 2.91. The number of aromatic nitrogens is 3. The summed E-state index contributed by atoms with van der Waals surface area (Å²) < 4.78 is 43.6. The zero-order chi connectivity index (χ0) is 11.8. The van der Waals surface area contributed by atoms with E-state index in [9.17, 15) is 13.2 Å². The molecule has 0 aliphatic heterocycles. The molecule has 0 fully saturated rings. The van der Waals surface area contributed by atoms with Crippen LogP contribution in [-0.2, 0) is 6.18 Å². The predicted molar refractivity (Wildman–Crippen MR) is 57.5 cm³/mol. The molecule has 0 amide bonds. The average molecular weight is 343 g/mol. The van der Waals surface area contributed by atoms with Gasteiger partial charge in [-0.25, -0.2) is 4.52 Å². The molecule has 0 saturated carbocycles. The molecule has 2 rings (SSSR count). The number of rotatable bonds is 2. The van der Waals surface area contributed by atoms with Gasteiger partial charge in [0.1, 0.15) is 4.61 Å². The van der Waals surface area contributed by atoms with Gasteiger partial charge in [-0.1, -0.05) is 0 Å². The molecular formula is C8H5F3IN3O. The first-order chi connectivity index (χ1) is 7.52. The van der Waals surface area contributed by atoms with Crippen LogP contribution in [0.1, 0.15) is 5.82 Å². The number of hydrogen-bond acceptors (Lipinski definition) is 3. The van der Waals surface area contributed by atoms with Crippen LogP contribution < -0.4 is 4.74 Å². The van der Waals surface area contributed by atoms with E-state index in [4.69, 9.17) is 4.74 Å². The summed E-state index contributed by atoms with van der Waals surface area (Å²) in [6, 6.07) is 3.09. The van der Waals surface area contributed by atoms with Crippen molar-refractivity contribution in [3.05, 3.63) is 24.2 Å². The van der Waals surface area contributed by atoms with E-state index in [1.807, 2.05) is 22.6 Å². The van der Waals surface area contributed by atoms with Crippen molar-refractivity contribution in [3.63, 3.8) is 0 Å². The van der Waals surface area contributed by atoms with Crippen LogP contribution in [0.25, 0.3) is 5.65 Å². The van der Waals surface area contributed by atoms with Gasteiger partial charge < -0.3 is 4.74 Å². The highest BCUT2D eigenvalue weighted by Gasteiger charge is 2.36. The van der Waals surface area contributed by atoms with Gasteiger partial charge in [0.2, 0.25) is 0 Å². The van der Waals surface area contributed by atoms with Crippen LogP contribution in [0.4, 0.5) is 13.2 Å². The van der Waals surface area contributed by atoms with Crippen molar-refractivity contribution in [2.75, 3.05) is 4.61 Å². The third kappa shape index (κ3) is 2.06. The molecule has 0 bridgehead atoms. The van der Waals surface area contributed by atoms with Crippen molar-refractivity contribution >= 4 is 28.2 Å². The molecule has 0 N–H and O–H groups in total. The van der Waals surface area contributed by atoms with Gasteiger partial charge in [-0.05, 0) is 34.7 Å². The molecule has 2 aromatic heterocycles. The molecule has 86 valence electrons. The predicted octanol–water partition coefficient (Wildman–Crippen LogP) is 2.52. The van der Waals surface area contributed by atoms with E-state index >= 15 is 0 Å². The van der Waals surface area contributed by atoms with Crippen molar-refractivity contribution in [3.8, 4) is 5.75 Å². The molecule has 0 aromatic carbocycles. The molecule has 0 spiro atoms. The number of alkyl halides is 4. The normalized spacial score (nSPS) is 12.0. The largest absolute Gasteiger partial charge is 0.479 e. The Bertz CT molecular complexity index is 511. The molecular weight excluding hydrogens is 338 g/mol. The highest BCUT2D eigenvalue weighted by Crippen LogP contribution is 2.28. The van der Waals surface area contributed by atoms with Crippen LogP contribution in [0.15, 0.2) is 18.3 Å². The summed E-state index contributed by atoms with van der Waals surface area (Å²) in [5.41, 5.74) is 0.0616. The van der Waals surface area contributed by atoms with Gasteiger partial charge in [0.15, 0.2) is 11.4 Å². The van der Waals surface area contributed by atoms with E-state index < -0.39 is 12.0 Å². The number of ether oxygens (including phenoxy) is 1. The summed E-state index contributed by atoms with van der Waals surface area (Å²) in [6.45, 7) is 0. The Morgan fingerprint density at radius 1 is 1.44 bits per heavy atom. The molecule has 4 nitrogen and oxygen atoms in total. The van der Waals surface area contributed by atoms with Crippen molar-refractivity contribution in [2.45, 2.75) is 6.18 Å². The van der Waals surface area contributed by atoms with Crippen molar-refractivity contribution in [2.24, 2.45) is 0 Å². The minimum absolute atomic E-state index is 0.0616. The Labute approximate surface area is 102 Å². The first kappa shape index (κ1) is 11.4. The van der Waals surface area contributed by atoms with Crippen LogP contribution in [0.2, 0.25) is 0 Å². The molecule has 0 aliphatic carbocycles. The third-order valence-corrected chi connectivity index (χ3v) is 2.10. The molecule has 0 atom stereocenters. The summed E-state index contributed by atoms with van der Waals surface area (Å²) in [6.07, 6.45) is -3.16. The van der Waals surface area contributed by atoms with Gasteiger partial charge in [0.25, 0.3) is 5.82 Å². The summed E-state index contributed by atoms with van der Waals surface area (Å²) in [5.74, 6) is -0.892. The molecule has 0 saturated heterocycles. The Balaban J connectivity index is 2.57. The SMILES string of the molecule is FC(F)(F)c1nc2c(OCI)cccn2n1. The van der Waals surface area contributed by atoms with E-state index in [1.54, 1.807) is 12.1 Å². The Morgan fingerprint density at radius 2 is 2.19 bits per heavy atom. The molecule has 0 radical (unpaired) electrons. The highest BCUT2D eigenvalue weighted by atomic mass is 127. The fourth-order valence-electron chi connectivity index (χ4n) is 1.17. The van der Waals surface area contributed by atoms with Crippen LogP contribution >= 0.6 is 22.6 Å². The smallest absolute Gasteiger partial charge is 0.453 e. The lowest BCUT2D eigenvalue weighted by molar-refractivity contribution is -0.144. The Morgan fingerprint density at radius 3 is 2.81 bits per heavy atom. The highest BCUT2D eigenvalue weighted by molar-refractivity contribution is 14.1. The van der Waals surface area contributed by atoms with Crippen molar-refractivity contribution in [1.29, 1.82) is 0 Å². The molecule has 0 aliphatic rings. The second-order valence-corrected chi connectivity index (χ2v) is 3.45. The Hall–Kier alpha value is -1.06. The first-order valence-corrected chi connectivity index (χ1v) is 5.66. The van der Waals surface area contributed by atoms with E-state index in [2.05, 4.69) is 10.1 Å². The summed E-state index contributed by atoms with van der Waals surface area (Å²) >= 11 is 1.94. The molecule has 2 heterocycles. The lowest BCUT2D eigenvalue weighted by atomic mass is 10.4. The standard InChI is InChI=1S/C8H5F3IN3O/c9-8(10,11)7-13-6-5(16-4-12)2-1-3-15(6)14-7/h1-3H,4H2. The molecule has 8 heteroatoms. The maximum Gasteiger partial charge on any atom is 0.453 e. The molecule has 2 aromatic rings. The lowest BCUT2D eigenvalue weighted by Crippen LogP contribution is -2.07. The number of pyridine rings is 1. The van der Waals surface area contributed by atoms with Gasteiger partial charge in [0.05, 0.1) is 0 Å². The summed E-state index contributed by atoms with van der Waals surface area (Å²) in [4.78, 5) is 3.40. The van der Waals surface area contributed by atoms with Crippen molar-refractivity contribution in [1.82, 2.24) is 14.6 Å². The van der Waals surface area contributed by atoms with Gasteiger partial charge in [-0.2, -0.15) is 18.2 Å². The van der Waals surface area contributed by atoms with Crippen LogP contribution in [-0.4, -0.2) is 19.2 Å². The van der Waals surface area contributed by atoms with Gasteiger partial charge >= 0.3 is 6.18 Å². The lowest BCUT2D eigenvalue weighted by Gasteiger charge is -2.01. The zero-order valence-electron chi connectivity index (χ0n) is 7.70. The van der Waals surface area contributed by atoms with Gasteiger partial charge in [-0.15, -0.1) is 5.10 Å². The molecule has 0 unspecified atom stereocenters. The number of hydrogen-bond donors (Lipinski definition) is 0. The first-order valence-electron chi connectivity index (χ1n) is 4.13. The quantitative estimate of drug-likeness (QED) is 0.622. The van der Waals surface area contributed by atoms with Crippen molar-refractivity contribution < 1.29 is 17.9 Å². The fraction of sp³-hybridized carbons (Fsp3) is 0.250. The average Bonchev–Trinajstić information content (AvgIpc) is 2.62. The summed E-state index contributed by atoms with van der Waals surface area (Å²) in [7, 11) is 0. The maximum absolute atomic E-state index is 12.4. The minimum Gasteiger partial charge on any atom is -0.479 e. The zero-order valence-corrected chi connectivity index (χ0v) is 9.86. The third-order valence-electron chi connectivity index (χ3n) is 1.79. The monoisotopic (exact) mass is 343 g/mol. The summed E-state index contributed by atoms with van der Waals surface area (Å²) in [5, 5.41) is 3.32. The van der Waals surface area contributed by atoms with Crippen LogP contribution in [0.3, 0.4) is 0 Å². The van der Waals surface area contributed by atoms with Gasteiger partial charge in [0, 0.05) is 6.20 Å². The van der Waals surface area contributed by atoms with Crippen LogP contribution in [0.5, 0.6) is 5.75 Å². The number of nitrogens with zero attached hydrogens (tertiary/aromatic N) is 3. The van der Waals surface area contributed by atoms with Crippen LogP contribution in [0, 0.1) is 0 Å². The van der Waals surface area contributed by atoms with E-state index in [0.717, 1.165) is 4.52 Å². The van der Waals surface area contributed by atoms with E-state index in [-0.39, 0.29) is 11.4 Å². The number of halogens is 4. The fourth-order valence-corrected chi connectivity index (χ4v) is 1.51. The topological polar surface area (TPSA) is 39.4 Å². The van der Waals surface area contributed by atoms with E-state index in [0.29, 0.717) is 4.61 Å².